The molecular weight excluding hydrogens is 374 g/mol. The van der Waals surface area contributed by atoms with Crippen LogP contribution in [0, 0.1) is 5.41 Å². The summed E-state index contributed by atoms with van der Waals surface area (Å²) in [6.07, 6.45) is -0.435. The SMILES string of the molecule is O=C(O)N1CCC(CS(=O)(=O)N2CCc3ccccc3C2)(C(=O)NO)CC1. The van der Waals surface area contributed by atoms with Crippen molar-refractivity contribution in [2.24, 2.45) is 5.41 Å². The first-order valence-corrected chi connectivity index (χ1v) is 10.4. The van der Waals surface area contributed by atoms with Crippen LogP contribution in [0.2, 0.25) is 0 Å². The van der Waals surface area contributed by atoms with Crippen LogP contribution in [0.25, 0.3) is 0 Å². The van der Waals surface area contributed by atoms with Crippen LogP contribution in [0.15, 0.2) is 24.3 Å². The minimum atomic E-state index is -3.78. The maximum absolute atomic E-state index is 13.0. The van der Waals surface area contributed by atoms with E-state index < -0.39 is 33.2 Å². The maximum atomic E-state index is 13.0. The molecule has 3 N–H and O–H groups in total. The fourth-order valence-corrected chi connectivity index (χ4v) is 5.84. The molecule has 0 radical (unpaired) electrons. The normalized spacial score (nSPS) is 20.0. The van der Waals surface area contributed by atoms with Crippen LogP contribution in [-0.4, -0.2) is 65.3 Å². The number of hydrogen-bond acceptors (Lipinski definition) is 5. The van der Waals surface area contributed by atoms with Gasteiger partial charge in [-0.25, -0.2) is 18.7 Å². The number of nitrogens with one attached hydrogen (secondary N) is 1. The molecule has 0 atom stereocenters. The number of amides is 2. The molecule has 1 aromatic rings. The monoisotopic (exact) mass is 397 g/mol. The van der Waals surface area contributed by atoms with Crippen LogP contribution in [0.4, 0.5) is 4.79 Å². The van der Waals surface area contributed by atoms with E-state index in [4.69, 9.17) is 10.3 Å². The number of likely N-dealkylation sites (tertiary alicyclic amines) is 1. The van der Waals surface area contributed by atoms with Crippen molar-refractivity contribution in [3.05, 3.63) is 35.4 Å². The minimum Gasteiger partial charge on any atom is -0.465 e. The van der Waals surface area contributed by atoms with Crippen LogP contribution in [0.5, 0.6) is 0 Å². The Bertz CT molecular complexity index is 833. The number of nitrogens with zero attached hydrogens (tertiary/aromatic N) is 2. The molecule has 2 aliphatic heterocycles. The van der Waals surface area contributed by atoms with Crippen molar-refractivity contribution in [3.63, 3.8) is 0 Å². The van der Waals surface area contributed by atoms with E-state index in [9.17, 15) is 18.0 Å². The highest BCUT2D eigenvalue weighted by atomic mass is 32.2. The number of benzene rings is 1. The molecule has 0 saturated carbocycles. The lowest BCUT2D eigenvalue weighted by molar-refractivity contribution is -0.141. The summed E-state index contributed by atoms with van der Waals surface area (Å²) in [5, 5.41) is 18.2. The average molecular weight is 397 g/mol. The highest BCUT2D eigenvalue weighted by molar-refractivity contribution is 7.89. The second kappa shape index (κ2) is 7.45. The van der Waals surface area contributed by atoms with Crippen molar-refractivity contribution < 1.29 is 28.3 Å². The molecule has 148 valence electrons. The van der Waals surface area contributed by atoms with Gasteiger partial charge in [0.2, 0.25) is 10.0 Å². The largest absolute Gasteiger partial charge is 0.465 e. The molecule has 1 fully saturated rings. The molecule has 1 saturated heterocycles. The lowest BCUT2D eigenvalue weighted by Crippen LogP contribution is -2.54. The summed E-state index contributed by atoms with van der Waals surface area (Å²) in [6.45, 7) is 0.663. The second-order valence-corrected chi connectivity index (χ2v) is 9.07. The number of fused-ring (bicyclic) bond motifs is 1. The van der Waals surface area contributed by atoms with Crippen LogP contribution in [0.3, 0.4) is 0 Å². The number of carbonyl (C=O) groups excluding carboxylic acids is 1. The molecule has 0 aromatic heterocycles. The Kier molecular flexibility index (Phi) is 5.41. The summed E-state index contributed by atoms with van der Waals surface area (Å²) in [5.74, 6) is -1.24. The van der Waals surface area contributed by atoms with Crippen molar-refractivity contribution in [2.45, 2.75) is 25.8 Å². The van der Waals surface area contributed by atoms with E-state index in [1.165, 1.54) is 4.31 Å². The topological polar surface area (TPSA) is 127 Å². The van der Waals surface area contributed by atoms with Crippen molar-refractivity contribution >= 4 is 22.0 Å². The summed E-state index contributed by atoms with van der Waals surface area (Å²) in [5.41, 5.74) is 2.27. The Labute approximate surface area is 157 Å². The molecule has 10 heteroatoms. The van der Waals surface area contributed by atoms with Gasteiger partial charge in [-0.2, -0.15) is 4.31 Å². The van der Waals surface area contributed by atoms with E-state index >= 15 is 0 Å². The number of hydrogen-bond donors (Lipinski definition) is 3. The van der Waals surface area contributed by atoms with Gasteiger partial charge in [0.1, 0.15) is 0 Å². The molecule has 0 unspecified atom stereocenters. The minimum absolute atomic E-state index is 0.0371. The van der Waals surface area contributed by atoms with Crippen molar-refractivity contribution in [2.75, 3.05) is 25.4 Å². The van der Waals surface area contributed by atoms with Crippen LogP contribution in [0.1, 0.15) is 24.0 Å². The van der Waals surface area contributed by atoms with Crippen LogP contribution < -0.4 is 5.48 Å². The summed E-state index contributed by atoms with van der Waals surface area (Å²) in [4.78, 5) is 24.6. The van der Waals surface area contributed by atoms with E-state index in [0.29, 0.717) is 13.0 Å². The quantitative estimate of drug-likeness (QED) is 0.505. The molecule has 9 nitrogen and oxygen atoms in total. The highest BCUT2D eigenvalue weighted by Crippen LogP contribution is 2.35. The Hall–Kier alpha value is -2.17. The Morgan fingerprint density at radius 1 is 1.11 bits per heavy atom. The Morgan fingerprint density at radius 3 is 2.33 bits per heavy atom. The van der Waals surface area contributed by atoms with Gasteiger partial charge in [-0.15, -0.1) is 0 Å². The zero-order valence-corrected chi connectivity index (χ0v) is 15.6. The molecule has 27 heavy (non-hydrogen) atoms. The molecule has 2 heterocycles. The zero-order chi connectivity index (χ0) is 19.7. The molecule has 0 bridgehead atoms. The standard InChI is InChI=1S/C17H23N3O6S/c21-15(18-24)17(6-9-19(10-7-17)16(22)23)12-27(25,26)20-8-5-13-3-1-2-4-14(13)11-20/h1-4,24H,5-12H2,(H,18,21)(H,22,23). The summed E-state index contributed by atoms with van der Waals surface area (Å²) in [7, 11) is -3.78. The predicted octanol–water partition coefficient (Wildman–Crippen LogP) is 0.640. The Morgan fingerprint density at radius 2 is 1.74 bits per heavy atom. The number of carboxylic acid groups (broad SMARTS) is 1. The van der Waals surface area contributed by atoms with Gasteiger partial charge in [0.05, 0.1) is 11.2 Å². The molecule has 3 rings (SSSR count). The van der Waals surface area contributed by atoms with Gasteiger partial charge in [-0.05, 0) is 30.4 Å². The van der Waals surface area contributed by atoms with Crippen LogP contribution in [-0.2, 0) is 27.8 Å². The first kappa shape index (κ1) is 19.6. The number of sulfonamides is 1. The van der Waals surface area contributed by atoms with Crippen LogP contribution >= 0.6 is 0 Å². The van der Waals surface area contributed by atoms with Gasteiger partial charge < -0.3 is 10.0 Å². The fourth-order valence-electron chi connectivity index (χ4n) is 3.83. The summed E-state index contributed by atoms with van der Waals surface area (Å²) in [6, 6.07) is 7.64. The number of carbonyl (C=O) groups is 2. The van der Waals surface area contributed by atoms with E-state index in [0.717, 1.165) is 16.0 Å². The zero-order valence-electron chi connectivity index (χ0n) is 14.8. The lowest BCUT2D eigenvalue weighted by Gasteiger charge is -2.40. The number of hydroxylamine groups is 1. The third kappa shape index (κ3) is 3.92. The maximum Gasteiger partial charge on any atom is 0.407 e. The van der Waals surface area contributed by atoms with Gasteiger partial charge in [-0.3, -0.25) is 10.0 Å². The first-order valence-electron chi connectivity index (χ1n) is 8.74. The van der Waals surface area contributed by atoms with Gasteiger partial charge in [0.25, 0.3) is 5.91 Å². The molecule has 2 amide bonds. The smallest absolute Gasteiger partial charge is 0.407 e. The summed E-state index contributed by atoms with van der Waals surface area (Å²) < 4.78 is 27.4. The highest BCUT2D eigenvalue weighted by Gasteiger charge is 2.47. The molecule has 2 aliphatic rings. The van der Waals surface area contributed by atoms with E-state index in [1.807, 2.05) is 24.3 Å². The van der Waals surface area contributed by atoms with Crippen molar-refractivity contribution in [1.29, 1.82) is 0 Å². The van der Waals surface area contributed by atoms with Gasteiger partial charge in [0, 0.05) is 26.2 Å². The molecule has 1 aromatic carbocycles. The third-order valence-electron chi connectivity index (χ3n) is 5.52. The Balaban J connectivity index is 1.79. The van der Waals surface area contributed by atoms with Gasteiger partial charge in [-0.1, -0.05) is 24.3 Å². The van der Waals surface area contributed by atoms with E-state index in [1.54, 1.807) is 5.48 Å². The number of rotatable bonds is 4. The van der Waals surface area contributed by atoms with E-state index in [-0.39, 0.29) is 32.5 Å². The third-order valence-corrected chi connectivity index (χ3v) is 7.54. The van der Waals surface area contributed by atoms with E-state index in [2.05, 4.69) is 0 Å². The molecule has 0 spiro atoms. The first-order chi connectivity index (χ1) is 12.8. The second-order valence-electron chi connectivity index (χ2n) is 7.10. The van der Waals surface area contributed by atoms with Gasteiger partial charge in [0.15, 0.2) is 0 Å². The predicted molar refractivity (Wildman–Crippen MR) is 95.5 cm³/mol. The fraction of sp³-hybridized carbons (Fsp3) is 0.529. The van der Waals surface area contributed by atoms with Gasteiger partial charge >= 0.3 is 6.09 Å². The lowest BCUT2D eigenvalue weighted by atomic mass is 9.79. The van der Waals surface area contributed by atoms with Crippen molar-refractivity contribution in [1.82, 2.24) is 14.7 Å². The summed E-state index contributed by atoms with van der Waals surface area (Å²) >= 11 is 0. The number of piperidine rings is 1. The average Bonchev–Trinajstić information content (AvgIpc) is 2.67. The molecular formula is C17H23N3O6S. The van der Waals surface area contributed by atoms with Crippen molar-refractivity contribution in [3.8, 4) is 0 Å². The molecule has 0 aliphatic carbocycles.